The van der Waals surface area contributed by atoms with Gasteiger partial charge < -0.3 is 16.0 Å². The number of rotatable bonds is 5. The van der Waals surface area contributed by atoms with Crippen molar-refractivity contribution in [3.63, 3.8) is 0 Å². The molecule has 3 N–H and O–H groups in total. The third-order valence-electron chi connectivity index (χ3n) is 7.79. The van der Waals surface area contributed by atoms with E-state index in [1.54, 1.807) is 12.1 Å². The second kappa shape index (κ2) is 9.54. The van der Waals surface area contributed by atoms with E-state index in [9.17, 15) is 9.18 Å². The van der Waals surface area contributed by atoms with Crippen LogP contribution < -0.4 is 16.0 Å². The zero-order valence-electron chi connectivity index (χ0n) is 19.0. The van der Waals surface area contributed by atoms with E-state index in [2.05, 4.69) is 16.0 Å². The summed E-state index contributed by atoms with van der Waals surface area (Å²) >= 11 is 6.26. The van der Waals surface area contributed by atoms with Gasteiger partial charge in [0.25, 0.3) is 0 Å². The Morgan fingerprint density at radius 2 is 1.55 bits per heavy atom. The van der Waals surface area contributed by atoms with E-state index in [-0.39, 0.29) is 28.8 Å². The SMILES string of the molecule is O=C(NC1CCCCC1)C(C1CCCCC1)C1(c2ccc(F)c(Cl)c2)Nc2ccccc2N1. The summed E-state index contributed by atoms with van der Waals surface area (Å²) in [7, 11) is 0. The number of fused-ring (bicyclic) bond motifs is 1. The standard InChI is InChI=1S/C27H33ClFN3O/c28-21-17-19(15-16-22(21)29)27(31-23-13-7-8-14-24(23)32-27)25(18-9-3-1-4-10-18)26(33)30-20-11-5-2-6-12-20/h7-8,13-18,20,25,31-32H,1-6,9-12H2,(H,30,33). The van der Waals surface area contributed by atoms with Gasteiger partial charge in [0.1, 0.15) is 11.5 Å². The van der Waals surface area contributed by atoms with Crippen molar-refractivity contribution in [2.75, 3.05) is 10.6 Å². The molecule has 1 amide bonds. The number of nitrogens with one attached hydrogen (secondary N) is 3. The molecule has 2 aliphatic carbocycles. The van der Waals surface area contributed by atoms with Gasteiger partial charge in [0.2, 0.25) is 5.91 Å². The van der Waals surface area contributed by atoms with Crippen molar-refractivity contribution in [2.24, 2.45) is 11.8 Å². The first-order valence-electron chi connectivity index (χ1n) is 12.5. The van der Waals surface area contributed by atoms with E-state index < -0.39 is 11.5 Å². The lowest BCUT2D eigenvalue weighted by Gasteiger charge is -2.44. The topological polar surface area (TPSA) is 53.2 Å². The number of benzene rings is 2. The Balaban J connectivity index is 1.58. The highest BCUT2D eigenvalue weighted by atomic mass is 35.5. The summed E-state index contributed by atoms with van der Waals surface area (Å²) < 4.78 is 14.1. The molecule has 0 spiro atoms. The fourth-order valence-electron chi connectivity index (χ4n) is 6.15. The summed E-state index contributed by atoms with van der Waals surface area (Å²) in [5.74, 6) is -0.497. The second-order valence-corrected chi connectivity index (χ2v) is 10.4. The third kappa shape index (κ3) is 4.44. The zero-order chi connectivity index (χ0) is 22.8. The molecule has 0 bridgehead atoms. The second-order valence-electron chi connectivity index (χ2n) is 9.95. The molecule has 3 aliphatic rings. The molecule has 0 aromatic heterocycles. The summed E-state index contributed by atoms with van der Waals surface area (Å²) in [6.45, 7) is 0. The van der Waals surface area contributed by atoms with Crippen LogP contribution in [0.2, 0.25) is 5.02 Å². The van der Waals surface area contributed by atoms with Gasteiger partial charge >= 0.3 is 0 Å². The molecule has 0 saturated heterocycles. The van der Waals surface area contributed by atoms with Crippen molar-refractivity contribution in [3.8, 4) is 0 Å². The molecule has 2 saturated carbocycles. The molecule has 1 atom stereocenters. The zero-order valence-corrected chi connectivity index (χ0v) is 19.8. The molecule has 33 heavy (non-hydrogen) atoms. The van der Waals surface area contributed by atoms with Gasteiger partial charge in [0.15, 0.2) is 0 Å². The summed E-state index contributed by atoms with van der Waals surface area (Å²) in [6, 6.07) is 13.1. The minimum absolute atomic E-state index is 0.0708. The van der Waals surface area contributed by atoms with Crippen molar-refractivity contribution < 1.29 is 9.18 Å². The quantitative estimate of drug-likeness (QED) is 0.450. The van der Waals surface area contributed by atoms with Gasteiger partial charge in [-0.1, -0.05) is 68.3 Å². The maximum Gasteiger partial charge on any atom is 0.228 e. The lowest BCUT2D eigenvalue weighted by molar-refractivity contribution is -0.130. The molecular weight excluding hydrogens is 437 g/mol. The Bertz CT molecular complexity index is 976. The van der Waals surface area contributed by atoms with E-state index in [0.717, 1.165) is 55.5 Å². The van der Waals surface area contributed by atoms with Crippen molar-refractivity contribution in [2.45, 2.75) is 75.9 Å². The Kier molecular flexibility index (Phi) is 6.51. The number of para-hydroxylation sites is 2. The number of carbonyl (C=O) groups is 1. The molecule has 1 unspecified atom stereocenters. The number of anilines is 2. The predicted molar refractivity (Wildman–Crippen MR) is 132 cm³/mol. The van der Waals surface area contributed by atoms with Crippen LogP contribution in [-0.2, 0) is 10.5 Å². The van der Waals surface area contributed by atoms with Crippen molar-refractivity contribution >= 4 is 28.9 Å². The molecule has 1 aliphatic heterocycles. The van der Waals surface area contributed by atoms with E-state index in [1.807, 2.05) is 24.3 Å². The number of halogens is 2. The summed E-state index contributed by atoms with van der Waals surface area (Å²) in [6.07, 6.45) is 11.2. The first kappa shape index (κ1) is 22.5. The Morgan fingerprint density at radius 1 is 0.939 bits per heavy atom. The van der Waals surface area contributed by atoms with E-state index in [1.165, 1.54) is 31.7 Å². The lowest BCUT2D eigenvalue weighted by Crippen LogP contribution is -2.56. The highest BCUT2D eigenvalue weighted by Crippen LogP contribution is 2.49. The number of amides is 1. The molecular formula is C27H33ClFN3O. The van der Waals surface area contributed by atoms with Crippen LogP contribution in [-0.4, -0.2) is 11.9 Å². The lowest BCUT2D eigenvalue weighted by atomic mass is 9.71. The first-order chi connectivity index (χ1) is 16.1. The molecule has 2 aromatic carbocycles. The van der Waals surface area contributed by atoms with Gasteiger partial charge in [-0.05, 0) is 55.9 Å². The molecule has 4 nitrogen and oxygen atoms in total. The van der Waals surface area contributed by atoms with Gasteiger partial charge in [-0.15, -0.1) is 0 Å². The molecule has 2 aromatic rings. The van der Waals surface area contributed by atoms with E-state index >= 15 is 0 Å². The maximum atomic E-state index is 14.1. The first-order valence-corrected chi connectivity index (χ1v) is 12.9. The fraction of sp³-hybridized carbons (Fsp3) is 0.519. The summed E-state index contributed by atoms with van der Waals surface area (Å²) in [5.41, 5.74) is 1.80. The van der Waals surface area contributed by atoms with Crippen molar-refractivity contribution in [3.05, 3.63) is 58.9 Å². The average Bonchev–Trinajstić information content (AvgIpc) is 3.22. The van der Waals surface area contributed by atoms with Crippen LogP contribution in [0.3, 0.4) is 0 Å². The number of carbonyl (C=O) groups excluding carboxylic acids is 1. The van der Waals surface area contributed by atoms with Crippen molar-refractivity contribution in [1.29, 1.82) is 0 Å². The molecule has 6 heteroatoms. The van der Waals surface area contributed by atoms with Crippen LogP contribution in [0, 0.1) is 17.7 Å². The van der Waals surface area contributed by atoms with Crippen LogP contribution in [0.4, 0.5) is 15.8 Å². The number of hydrogen-bond acceptors (Lipinski definition) is 3. The highest BCUT2D eigenvalue weighted by molar-refractivity contribution is 6.30. The largest absolute Gasteiger partial charge is 0.357 e. The molecule has 0 radical (unpaired) electrons. The van der Waals surface area contributed by atoms with Crippen LogP contribution in [0.5, 0.6) is 0 Å². The van der Waals surface area contributed by atoms with Gasteiger partial charge in [-0.25, -0.2) is 4.39 Å². The van der Waals surface area contributed by atoms with Gasteiger partial charge in [0, 0.05) is 11.6 Å². The Hall–Kier alpha value is -2.27. The normalized spacial score (nSPS) is 21.5. The van der Waals surface area contributed by atoms with Gasteiger partial charge in [-0.3, -0.25) is 4.79 Å². The predicted octanol–water partition coefficient (Wildman–Crippen LogP) is 6.81. The van der Waals surface area contributed by atoms with E-state index in [0.29, 0.717) is 0 Å². The van der Waals surface area contributed by atoms with Gasteiger partial charge in [0.05, 0.1) is 22.3 Å². The fourth-order valence-corrected chi connectivity index (χ4v) is 6.33. The van der Waals surface area contributed by atoms with Crippen molar-refractivity contribution in [1.82, 2.24) is 5.32 Å². The number of hydrogen-bond donors (Lipinski definition) is 3. The Labute approximate surface area is 200 Å². The van der Waals surface area contributed by atoms with Gasteiger partial charge in [-0.2, -0.15) is 0 Å². The minimum Gasteiger partial charge on any atom is -0.357 e. The van der Waals surface area contributed by atoms with Crippen LogP contribution in [0.25, 0.3) is 0 Å². The maximum absolute atomic E-state index is 14.1. The summed E-state index contributed by atoms with van der Waals surface area (Å²) in [4.78, 5) is 14.1. The summed E-state index contributed by atoms with van der Waals surface area (Å²) in [5, 5.41) is 10.8. The average molecular weight is 470 g/mol. The molecule has 176 valence electrons. The molecule has 5 rings (SSSR count). The third-order valence-corrected chi connectivity index (χ3v) is 8.08. The highest BCUT2D eigenvalue weighted by Gasteiger charge is 2.52. The Morgan fingerprint density at radius 3 is 2.15 bits per heavy atom. The minimum atomic E-state index is -0.887. The monoisotopic (exact) mass is 469 g/mol. The van der Waals surface area contributed by atoms with E-state index in [4.69, 9.17) is 11.6 Å². The molecule has 1 heterocycles. The molecule has 2 fully saturated rings. The van der Waals surface area contributed by atoms with Crippen LogP contribution in [0.15, 0.2) is 42.5 Å². The van der Waals surface area contributed by atoms with Crippen LogP contribution in [0.1, 0.15) is 69.8 Å². The van der Waals surface area contributed by atoms with Crippen LogP contribution >= 0.6 is 11.6 Å². The smallest absolute Gasteiger partial charge is 0.228 e.